The number of hydrogen-bond donors (Lipinski definition) is 1. The third-order valence-corrected chi connectivity index (χ3v) is 7.82. The molecule has 0 unspecified atom stereocenters. The molecule has 0 bridgehead atoms. The van der Waals surface area contributed by atoms with E-state index in [1.807, 2.05) is 6.92 Å². The SMILES string of the molecule is C[C@H]1CC(=O)Nc2cc(S(=O)(=O)CCC(=O)N3CCCCCC3)ccc2S1. The van der Waals surface area contributed by atoms with Crippen molar-refractivity contribution in [3.8, 4) is 0 Å². The van der Waals surface area contributed by atoms with Crippen molar-refractivity contribution in [3.05, 3.63) is 18.2 Å². The maximum absolute atomic E-state index is 12.7. The molecule has 8 heteroatoms. The second-order valence-corrected chi connectivity index (χ2v) is 10.8. The summed E-state index contributed by atoms with van der Waals surface area (Å²) in [6.45, 7) is 3.41. The lowest BCUT2D eigenvalue weighted by molar-refractivity contribution is -0.130. The van der Waals surface area contributed by atoms with Gasteiger partial charge in [-0.1, -0.05) is 19.8 Å². The van der Waals surface area contributed by atoms with Gasteiger partial charge >= 0.3 is 0 Å². The van der Waals surface area contributed by atoms with Gasteiger partial charge in [0.2, 0.25) is 11.8 Å². The minimum Gasteiger partial charge on any atom is -0.343 e. The molecule has 2 amide bonds. The summed E-state index contributed by atoms with van der Waals surface area (Å²) < 4.78 is 25.4. The first-order chi connectivity index (χ1) is 12.8. The second-order valence-electron chi connectivity index (χ2n) is 7.20. The van der Waals surface area contributed by atoms with Gasteiger partial charge in [0, 0.05) is 36.1 Å². The molecule has 1 saturated heterocycles. The fraction of sp³-hybridized carbons (Fsp3) is 0.579. The van der Waals surface area contributed by atoms with E-state index in [4.69, 9.17) is 0 Å². The Kier molecular flexibility index (Phi) is 6.47. The highest BCUT2D eigenvalue weighted by molar-refractivity contribution is 8.00. The number of hydrogen-bond acceptors (Lipinski definition) is 5. The van der Waals surface area contributed by atoms with E-state index in [0.29, 0.717) is 12.1 Å². The Labute approximate surface area is 165 Å². The number of benzene rings is 1. The van der Waals surface area contributed by atoms with E-state index >= 15 is 0 Å². The van der Waals surface area contributed by atoms with Gasteiger partial charge in [-0.05, 0) is 31.0 Å². The Morgan fingerprint density at radius 3 is 2.63 bits per heavy atom. The summed E-state index contributed by atoms with van der Waals surface area (Å²) in [5.74, 6) is -0.411. The highest BCUT2D eigenvalue weighted by Crippen LogP contribution is 2.36. The number of anilines is 1. The highest BCUT2D eigenvalue weighted by Gasteiger charge is 2.24. The molecular weight excluding hydrogens is 384 g/mol. The summed E-state index contributed by atoms with van der Waals surface area (Å²) in [5.41, 5.74) is 0.536. The van der Waals surface area contributed by atoms with Crippen LogP contribution in [0, 0.1) is 0 Å². The van der Waals surface area contributed by atoms with E-state index in [0.717, 1.165) is 43.7 Å². The van der Waals surface area contributed by atoms with Crippen molar-refractivity contribution in [2.75, 3.05) is 24.2 Å². The minimum atomic E-state index is -3.59. The zero-order valence-corrected chi connectivity index (χ0v) is 17.2. The molecule has 1 aromatic carbocycles. The van der Waals surface area contributed by atoms with Crippen molar-refractivity contribution in [1.29, 1.82) is 0 Å². The molecule has 2 heterocycles. The van der Waals surface area contributed by atoms with Crippen molar-refractivity contribution in [1.82, 2.24) is 4.90 Å². The van der Waals surface area contributed by atoms with Crippen LogP contribution in [0.4, 0.5) is 5.69 Å². The minimum absolute atomic E-state index is 0.00242. The molecule has 0 spiro atoms. The number of amides is 2. The van der Waals surface area contributed by atoms with Crippen LogP contribution >= 0.6 is 11.8 Å². The molecule has 1 atom stereocenters. The number of nitrogens with one attached hydrogen (secondary N) is 1. The third-order valence-electron chi connectivity index (χ3n) is 4.93. The first-order valence-electron chi connectivity index (χ1n) is 9.46. The molecule has 1 N–H and O–H groups in total. The predicted octanol–water partition coefficient (Wildman–Crippen LogP) is 3.08. The fourth-order valence-electron chi connectivity index (χ4n) is 3.44. The monoisotopic (exact) mass is 410 g/mol. The van der Waals surface area contributed by atoms with Gasteiger partial charge in [0.05, 0.1) is 16.3 Å². The van der Waals surface area contributed by atoms with Crippen LogP contribution in [-0.4, -0.2) is 49.2 Å². The Bertz CT molecular complexity index is 815. The number of nitrogens with zero attached hydrogens (tertiary/aromatic N) is 1. The normalized spacial score (nSPS) is 21.0. The van der Waals surface area contributed by atoms with Gasteiger partial charge in [-0.25, -0.2) is 8.42 Å². The fourth-order valence-corrected chi connectivity index (χ4v) is 5.75. The average Bonchev–Trinajstić information content (AvgIpc) is 2.96. The van der Waals surface area contributed by atoms with Crippen LogP contribution in [0.15, 0.2) is 28.0 Å². The van der Waals surface area contributed by atoms with Gasteiger partial charge in [-0.3, -0.25) is 9.59 Å². The predicted molar refractivity (Wildman–Crippen MR) is 107 cm³/mol. The Balaban J connectivity index is 1.69. The molecule has 2 aliphatic rings. The molecule has 1 aromatic rings. The summed E-state index contributed by atoms with van der Waals surface area (Å²) >= 11 is 1.56. The van der Waals surface area contributed by atoms with E-state index in [1.165, 1.54) is 6.07 Å². The first kappa shape index (κ1) is 20.2. The Hall–Kier alpha value is -1.54. The van der Waals surface area contributed by atoms with Crippen molar-refractivity contribution in [3.63, 3.8) is 0 Å². The number of carbonyl (C=O) groups excluding carboxylic acids is 2. The first-order valence-corrected chi connectivity index (χ1v) is 12.0. The topological polar surface area (TPSA) is 83.5 Å². The summed E-state index contributed by atoms with van der Waals surface area (Å²) in [6.07, 6.45) is 4.61. The van der Waals surface area contributed by atoms with Gasteiger partial charge in [0.15, 0.2) is 9.84 Å². The van der Waals surface area contributed by atoms with E-state index in [2.05, 4.69) is 5.32 Å². The number of carbonyl (C=O) groups is 2. The van der Waals surface area contributed by atoms with Gasteiger partial charge < -0.3 is 10.2 Å². The molecule has 0 aliphatic carbocycles. The quantitative estimate of drug-likeness (QED) is 0.825. The molecule has 2 aliphatic heterocycles. The third kappa shape index (κ3) is 5.25. The van der Waals surface area contributed by atoms with Gasteiger partial charge in [0.1, 0.15) is 0 Å². The summed E-state index contributed by atoms with van der Waals surface area (Å²) in [6, 6.07) is 4.83. The Morgan fingerprint density at radius 1 is 1.22 bits per heavy atom. The van der Waals surface area contributed by atoms with Crippen LogP contribution in [0.25, 0.3) is 0 Å². The maximum atomic E-state index is 12.7. The number of rotatable bonds is 4. The second kappa shape index (κ2) is 8.65. The van der Waals surface area contributed by atoms with Gasteiger partial charge in [-0.15, -0.1) is 11.8 Å². The molecule has 0 radical (unpaired) electrons. The summed E-state index contributed by atoms with van der Waals surface area (Å²) in [5, 5.41) is 2.93. The molecule has 1 fully saturated rings. The van der Waals surface area contributed by atoms with E-state index in [9.17, 15) is 18.0 Å². The Morgan fingerprint density at radius 2 is 1.93 bits per heavy atom. The molecule has 0 saturated carbocycles. The summed E-state index contributed by atoms with van der Waals surface area (Å²) in [4.78, 5) is 27.1. The van der Waals surface area contributed by atoms with Crippen LogP contribution in [0.3, 0.4) is 0 Å². The van der Waals surface area contributed by atoms with Crippen molar-refractivity contribution in [2.24, 2.45) is 0 Å². The number of fused-ring (bicyclic) bond motifs is 1. The van der Waals surface area contributed by atoms with Crippen LogP contribution in [0.1, 0.15) is 45.4 Å². The molecule has 27 heavy (non-hydrogen) atoms. The molecular formula is C19H26N2O4S2. The van der Waals surface area contributed by atoms with E-state index < -0.39 is 9.84 Å². The molecule has 3 rings (SSSR count). The van der Waals surface area contributed by atoms with Crippen LogP contribution in [0.2, 0.25) is 0 Å². The molecule has 148 valence electrons. The zero-order valence-electron chi connectivity index (χ0n) is 15.6. The largest absolute Gasteiger partial charge is 0.343 e. The van der Waals surface area contributed by atoms with Crippen LogP contribution in [-0.2, 0) is 19.4 Å². The average molecular weight is 411 g/mol. The van der Waals surface area contributed by atoms with Crippen molar-refractivity contribution < 1.29 is 18.0 Å². The summed E-state index contributed by atoms with van der Waals surface area (Å²) in [7, 11) is -3.59. The lowest BCUT2D eigenvalue weighted by Gasteiger charge is -2.20. The number of thioether (sulfide) groups is 1. The zero-order chi connectivity index (χ0) is 19.4. The molecule has 0 aromatic heterocycles. The van der Waals surface area contributed by atoms with Gasteiger partial charge in [-0.2, -0.15) is 0 Å². The lowest BCUT2D eigenvalue weighted by atomic mass is 10.2. The van der Waals surface area contributed by atoms with E-state index in [1.54, 1.807) is 28.8 Å². The maximum Gasteiger partial charge on any atom is 0.225 e. The highest BCUT2D eigenvalue weighted by atomic mass is 32.2. The smallest absolute Gasteiger partial charge is 0.225 e. The number of sulfone groups is 1. The van der Waals surface area contributed by atoms with Crippen molar-refractivity contribution in [2.45, 2.75) is 60.5 Å². The molecule has 6 nitrogen and oxygen atoms in total. The standard InChI is InChI=1S/C19H26N2O4S2/c1-14-12-18(22)20-16-13-15(6-7-17(16)26-14)27(24,25)11-8-19(23)21-9-4-2-3-5-10-21/h6-7,13-14H,2-5,8-12H2,1H3,(H,20,22)/t14-/m0/s1. The van der Waals surface area contributed by atoms with Crippen LogP contribution < -0.4 is 5.32 Å². The lowest BCUT2D eigenvalue weighted by Crippen LogP contribution is -2.33. The van der Waals surface area contributed by atoms with Crippen molar-refractivity contribution >= 4 is 39.1 Å². The van der Waals surface area contributed by atoms with E-state index in [-0.39, 0.29) is 34.1 Å². The number of likely N-dealkylation sites (tertiary alicyclic amines) is 1. The van der Waals surface area contributed by atoms with Crippen LogP contribution in [0.5, 0.6) is 0 Å². The van der Waals surface area contributed by atoms with Gasteiger partial charge in [0.25, 0.3) is 0 Å².